The zero-order valence-corrected chi connectivity index (χ0v) is 18.8. The highest BCUT2D eigenvalue weighted by Crippen LogP contribution is 2.14. The van der Waals surface area contributed by atoms with E-state index in [1.54, 1.807) is 19.1 Å². The van der Waals surface area contributed by atoms with Crippen LogP contribution >= 0.6 is 0 Å². The Morgan fingerprint density at radius 3 is 2.17 bits per heavy atom. The molecule has 0 spiro atoms. The number of carbonyl (C=O) groups excluding carboxylic acids is 2. The van der Waals surface area contributed by atoms with Crippen LogP contribution in [-0.4, -0.2) is 60.3 Å². The molecular weight excluding hydrogens is 368 g/mol. The van der Waals surface area contributed by atoms with Gasteiger partial charge in [-0.3, -0.25) is 9.59 Å². The largest absolute Gasteiger partial charge is 0.389 e. The SMILES string of the molecule is CCCN(CCC)C(=O)c1cc(C)cc(C(=O)NC(C)C(O)COCC(C)C)c1. The minimum atomic E-state index is -0.798. The number of hydrogen-bond donors (Lipinski definition) is 2. The summed E-state index contributed by atoms with van der Waals surface area (Å²) in [6.07, 6.45) is 0.978. The van der Waals surface area contributed by atoms with Crippen molar-refractivity contribution in [3.8, 4) is 0 Å². The Balaban J connectivity index is 2.85. The first-order valence-electron chi connectivity index (χ1n) is 10.7. The Bertz CT molecular complexity index is 654. The maximum Gasteiger partial charge on any atom is 0.253 e. The normalized spacial score (nSPS) is 13.2. The predicted octanol–water partition coefficient (Wildman–Crippen LogP) is 3.41. The number of nitrogens with one attached hydrogen (secondary N) is 1. The van der Waals surface area contributed by atoms with Gasteiger partial charge in [-0.2, -0.15) is 0 Å². The van der Waals surface area contributed by atoms with Gasteiger partial charge in [0.15, 0.2) is 0 Å². The van der Waals surface area contributed by atoms with Gasteiger partial charge in [-0.25, -0.2) is 0 Å². The van der Waals surface area contributed by atoms with Crippen LogP contribution in [0.25, 0.3) is 0 Å². The number of aliphatic hydroxyl groups excluding tert-OH is 1. The van der Waals surface area contributed by atoms with Gasteiger partial charge in [0.2, 0.25) is 0 Å². The fourth-order valence-corrected chi connectivity index (χ4v) is 3.03. The van der Waals surface area contributed by atoms with Gasteiger partial charge in [0.25, 0.3) is 11.8 Å². The van der Waals surface area contributed by atoms with Crippen molar-refractivity contribution in [1.29, 1.82) is 0 Å². The van der Waals surface area contributed by atoms with Crippen LogP contribution in [0.15, 0.2) is 18.2 Å². The zero-order chi connectivity index (χ0) is 22.0. The van der Waals surface area contributed by atoms with E-state index >= 15 is 0 Å². The average Bonchev–Trinajstić information content (AvgIpc) is 2.66. The number of nitrogens with zero attached hydrogens (tertiary/aromatic N) is 1. The number of rotatable bonds is 12. The summed E-state index contributed by atoms with van der Waals surface area (Å²) in [5.74, 6) is 0.0210. The average molecular weight is 407 g/mol. The Labute approximate surface area is 175 Å². The third-order valence-corrected chi connectivity index (χ3v) is 4.54. The third-order valence-electron chi connectivity index (χ3n) is 4.54. The molecule has 0 aromatic heterocycles. The van der Waals surface area contributed by atoms with E-state index in [0.29, 0.717) is 36.7 Å². The second-order valence-corrected chi connectivity index (χ2v) is 8.14. The molecule has 1 rings (SSSR count). The standard InChI is InChI=1S/C23H38N2O4/c1-7-9-25(10-8-2)23(28)20-12-17(5)11-19(13-20)22(27)24-18(6)21(26)15-29-14-16(3)4/h11-13,16,18,21,26H,7-10,14-15H2,1-6H3,(H,24,27). The van der Waals surface area contributed by atoms with Crippen LogP contribution in [0.1, 0.15) is 73.7 Å². The molecule has 6 heteroatoms. The first kappa shape index (κ1) is 25.1. The number of amides is 2. The topological polar surface area (TPSA) is 78.9 Å². The van der Waals surface area contributed by atoms with Crippen LogP contribution in [0.2, 0.25) is 0 Å². The quantitative estimate of drug-likeness (QED) is 0.558. The molecule has 0 aliphatic carbocycles. The number of hydrogen-bond acceptors (Lipinski definition) is 4. The van der Waals surface area contributed by atoms with E-state index in [2.05, 4.69) is 5.32 Å². The maximum absolute atomic E-state index is 12.9. The summed E-state index contributed by atoms with van der Waals surface area (Å²) < 4.78 is 5.46. The van der Waals surface area contributed by atoms with Gasteiger partial charge in [0, 0.05) is 30.8 Å². The molecule has 1 aromatic rings. The van der Waals surface area contributed by atoms with Crippen LogP contribution in [0.3, 0.4) is 0 Å². The minimum absolute atomic E-state index is 0.0541. The first-order valence-corrected chi connectivity index (χ1v) is 10.7. The van der Waals surface area contributed by atoms with Crippen molar-refractivity contribution < 1.29 is 19.4 Å². The van der Waals surface area contributed by atoms with Crippen LogP contribution < -0.4 is 5.32 Å². The van der Waals surface area contributed by atoms with Crippen molar-refractivity contribution in [2.75, 3.05) is 26.3 Å². The van der Waals surface area contributed by atoms with Crippen LogP contribution in [0, 0.1) is 12.8 Å². The van der Waals surface area contributed by atoms with Crippen molar-refractivity contribution in [2.45, 2.75) is 66.5 Å². The molecular formula is C23H38N2O4. The van der Waals surface area contributed by atoms with Gasteiger partial charge in [0.05, 0.1) is 18.8 Å². The van der Waals surface area contributed by atoms with Gasteiger partial charge < -0.3 is 20.1 Å². The highest BCUT2D eigenvalue weighted by atomic mass is 16.5. The Morgan fingerprint density at radius 2 is 1.62 bits per heavy atom. The number of aryl methyl sites for hydroxylation is 1. The van der Waals surface area contributed by atoms with Crippen molar-refractivity contribution in [1.82, 2.24) is 10.2 Å². The van der Waals surface area contributed by atoms with E-state index in [9.17, 15) is 14.7 Å². The molecule has 0 aliphatic rings. The lowest BCUT2D eigenvalue weighted by atomic mass is 10.0. The van der Waals surface area contributed by atoms with Crippen LogP contribution in [-0.2, 0) is 4.74 Å². The van der Waals surface area contributed by atoms with E-state index in [1.807, 2.05) is 45.6 Å². The Morgan fingerprint density at radius 1 is 1.03 bits per heavy atom. The summed E-state index contributed by atoms with van der Waals surface area (Å²) in [4.78, 5) is 27.4. The van der Waals surface area contributed by atoms with Gasteiger partial charge in [0.1, 0.15) is 0 Å². The Hall–Kier alpha value is -1.92. The lowest BCUT2D eigenvalue weighted by Crippen LogP contribution is -2.43. The molecule has 29 heavy (non-hydrogen) atoms. The van der Waals surface area contributed by atoms with E-state index in [0.717, 1.165) is 18.4 Å². The minimum Gasteiger partial charge on any atom is -0.389 e. The summed E-state index contributed by atoms with van der Waals surface area (Å²) in [6, 6.07) is 4.74. The van der Waals surface area contributed by atoms with E-state index in [-0.39, 0.29) is 18.4 Å². The second-order valence-electron chi connectivity index (χ2n) is 8.14. The van der Waals surface area contributed by atoms with Crippen molar-refractivity contribution >= 4 is 11.8 Å². The summed E-state index contributed by atoms with van der Waals surface area (Å²) in [7, 11) is 0. The van der Waals surface area contributed by atoms with Crippen molar-refractivity contribution in [3.05, 3.63) is 34.9 Å². The molecule has 6 nitrogen and oxygen atoms in total. The fraction of sp³-hybridized carbons (Fsp3) is 0.652. The summed E-state index contributed by atoms with van der Waals surface area (Å²) >= 11 is 0. The van der Waals surface area contributed by atoms with Gasteiger partial charge in [-0.05, 0) is 56.4 Å². The molecule has 164 valence electrons. The lowest BCUT2D eigenvalue weighted by molar-refractivity contribution is 0.0107. The molecule has 0 fully saturated rings. The number of aliphatic hydroxyl groups is 1. The highest BCUT2D eigenvalue weighted by molar-refractivity contribution is 6.00. The van der Waals surface area contributed by atoms with E-state index in [4.69, 9.17) is 4.74 Å². The monoisotopic (exact) mass is 406 g/mol. The van der Waals surface area contributed by atoms with Gasteiger partial charge in [-0.1, -0.05) is 27.7 Å². The highest BCUT2D eigenvalue weighted by Gasteiger charge is 2.20. The van der Waals surface area contributed by atoms with E-state index in [1.165, 1.54) is 0 Å². The molecule has 0 radical (unpaired) electrons. The number of carbonyl (C=O) groups is 2. The Kier molecular flexibility index (Phi) is 10.9. The smallest absolute Gasteiger partial charge is 0.253 e. The summed E-state index contributed by atoms with van der Waals surface area (Å²) in [5, 5.41) is 13.0. The first-order chi connectivity index (χ1) is 13.7. The molecule has 2 atom stereocenters. The summed E-state index contributed by atoms with van der Waals surface area (Å²) in [5.41, 5.74) is 1.79. The molecule has 2 unspecified atom stereocenters. The summed E-state index contributed by atoms with van der Waals surface area (Å²) in [6.45, 7) is 13.9. The molecule has 0 saturated carbocycles. The van der Waals surface area contributed by atoms with Gasteiger partial charge in [-0.15, -0.1) is 0 Å². The van der Waals surface area contributed by atoms with Crippen LogP contribution in [0.4, 0.5) is 0 Å². The number of benzene rings is 1. The predicted molar refractivity (Wildman–Crippen MR) is 116 cm³/mol. The van der Waals surface area contributed by atoms with Crippen LogP contribution in [0.5, 0.6) is 0 Å². The van der Waals surface area contributed by atoms with Gasteiger partial charge >= 0.3 is 0 Å². The molecule has 0 bridgehead atoms. The lowest BCUT2D eigenvalue weighted by Gasteiger charge is -2.23. The molecule has 0 saturated heterocycles. The van der Waals surface area contributed by atoms with Crippen molar-refractivity contribution in [3.63, 3.8) is 0 Å². The maximum atomic E-state index is 12.9. The second kappa shape index (κ2) is 12.6. The van der Waals surface area contributed by atoms with Crippen molar-refractivity contribution in [2.24, 2.45) is 5.92 Å². The molecule has 2 amide bonds. The number of ether oxygens (including phenoxy) is 1. The fourth-order valence-electron chi connectivity index (χ4n) is 3.03. The zero-order valence-electron chi connectivity index (χ0n) is 18.8. The molecule has 1 aromatic carbocycles. The molecule has 0 aliphatic heterocycles. The molecule has 2 N–H and O–H groups in total. The third kappa shape index (κ3) is 8.54. The molecule has 0 heterocycles. The van der Waals surface area contributed by atoms with E-state index < -0.39 is 12.1 Å².